The quantitative estimate of drug-likeness (QED) is 0.604. The van der Waals surface area contributed by atoms with E-state index in [-0.39, 0.29) is 10.8 Å². The Balaban J connectivity index is 2.60. The average molecular weight is 350 g/mol. The van der Waals surface area contributed by atoms with Crippen LogP contribution in [0, 0.1) is 16.0 Å². The van der Waals surface area contributed by atoms with Gasteiger partial charge in [-0.2, -0.15) is 0 Å². The molecule has 1 aliphatic rings. The summed E-state index contributed by atoms with van der Waals surface area (Å²) in [6.07, 6.45) is 0. The number of nitrogens with one attached hydrogen (secondary N) is 1. The average Bonchev–Trinajstić information content (AvgIpc) is 2.96. The molecule has 1 aromatic rings. The SMILES string of the molecule is COC(C)(C)C1C(C(=O)O)NC(c2ccccc2C(C)C)C1[N+](=O)[O-]. The molecule has 1 fully saturated rings. The Morgan fingerprint density at radius 2 is 1.96 bits per heavy atom. The van der Waals surface area contributed by atoms with Crippen LogP contribution in [0.5, 0.6) is 0 Å². The Hall–Kier alpha value is -1.99. The standard InChI is InChI=1S/C18H26N2O5/c1-10(2)11-8-6-7-9-12(11)14-16(20(23)24)13(18(3,4)25-5)15(19-14)17(21)22/h6-10,13-16,19H,1-5H3,(H,21,22). The second kappa shape index (κ2) is 7.09. The van der Waals surface area contributed by atoms with Crippen LogP contribution in [0.25, 0.3) is 0 Å². The molecule has 138 valence electrons. The molecule has 7 heteroatoms. The van der Waals surface area contributed by atoms with Crippen molar-refractivity contribution in [2.45, 2.75) is 57.3 Å². The number of carboxylic acid groups (broad SMARTS) is 1. The first-order valence-electron chi connectivity index (χ1n) is 8.38. The molecule has 4 unspecified atom stereocenters. The lowest BCUT2D eigenvalue weighted by atomic mass is 9.78. The molecule has 25 heavy (non-hydrogen) atoms. The van der Waals surface area contributed by atoms with Gasteiger partial charge in [-0.1, -0.05) is 38.1 Å². The molecule has 1 saturated heterocycles. The normalized spacial score (nSPS) is 26.8. The third-order valence-electron chi connectivity index (χ3n) is 5.22. The van der Waals surface area contributed by atoms with Gasteiger partial charge in [-0.15, -0.1) is 0 Å². The maximum absolute atomic E-state index is 11.9. The Bertz CT molecular complexity index is 659. The van der Waals surface area contributed by atoms with Gasteiger partial charge in [-0.3, -0.25) is 20.2 Å². The topological polar surface area (TPSA) is 102 Å². The third kappa shape index (κ3) is 3.52. The van der Waals surface area contributed by atoms with Crippen molar-refractivity contribution in [1.82, 2.24) is 5.32 Å². The third-order valence-corrected chi connectivity index (χ3v) is 5.22. The van der Waals surface area contributed by atoms with Crippen molar-refractivity contribution >= 4 is 5.97 Å². The van der Waals surface area contributed by atoms with E-state index in [9.17, 15) is 20.0 Å². The fraction of sp³-hybridized carbons (Fsp3) is 0.611. The van der Waals surface area contributed by atoms with Gasteiger partial charge in [0.25, 0.3) is 0 Å². The lowest BCUT2D eigenvalue weighted by molar-refractivity contribution is -0.536. The summed E-state index contributed by atoms with van der Waals surface area (Å²) in [6, 6.07) is 4.64. The van der Waals surface area contributed by atoms with E-state index in [1.165, 1.54) is 7.11 Å². The molecule has 2 N–H and O–H groups in total. The van der Waals surface area contributed by atoms with E-state index in [4.69, 9.17) is 4.74 Å². The first kappa shape index (κ1) is 19.3. The number of rotatable bonds is 6. The summed E-state index contributed by atoms with van der Waals surface area (Å²) >= 11 is 0. The summed E-state index contributed by atoms with van der Waals surface area (Å²) in [7, 11) is 1.45. The minimum absolute atomic E-state index is 0.170. The van der Waals surface area contributed by atoms with E-state index in [1.54, 1.807) is 13.8 Å². The second-order valence-corrected chi connectivity index (χ2v) is 7.35. The van der Waals surface area contributed by atoms with Crippen LogP contribution in [0.4, 0.5) is 0 Å². The smallest absolute Gasteiger partial charge is 0.321 e. The summed E-state index contributed by atoms with van der Waals surface area (Å²) in [6.45, 7) is 7.42. The molecule has 0 spiro atoms. The molecule has 2 rings (SSSR count). The Morgan fingerprint density at radius 1 is 1.36 bits per heavy atom. The zero-order valence-electron chi connectivity index (χ0n) is 15.2. The van der Waals surface area contributed by atoms with Crippen molar-refractivity contribution in [3.8, 4) is 0 Å². The summed E-state index contributed by atoms with van der Waals surface area (Å²) in [5.74, 6) is -1.75. The van der Waals surface area contributed by atoms with Gasteiger partial charge in [0, 0.05) is 12.0 Å². The molecule has 1 aromatic carbocycles. The summed E-state index contributed by atoms with van der Waals surface area (Å²) in [4.78, 5) is 23.4. The van der Waals surface area contributed by atoms with Crippen LogP contribution in [-0.2, 0) is 9.53 Å². The van der Waals surface area contributed by atoms with E-state index < -0.39 is 35.6 Å². The summed E-state index contributed by atoms with van der Waals surface area (Å²) in [5.41, 5.74) is 0.793. The molecule has 0 bridgehead atoms. The predicted octanol–water partition coefficient (Wildman–Crippen LogP) is 2.59. The Morgan fingerprint density at radius 3 is 2.44 bits per heavy atom. The molecule has 1 aliphatic heterocycles. The van der Waals surface area contributed by atoms with Crippen LogP contribution in [0.2, 0.25) is 0 Å². The van der Waals surface area contributed by atoms with Crippen molar-refractivity contribution in [3.05, 3.63) is 45.5 Å². The summed E-state index contributed by atoms with van der Waals surface area (Å²) in [5, 5.41) is 24.6. The number of methoxy groups -OCH3 is 1. The van der Waals surface area contributed by atoms with Gasteiger partial charge in [0.15, 0.2) is 0 Å². The van der Waals surface area contributed by atoms with Crippen LogP contribution >= 0.6 is 0 Å². The fourth-order valence-electron chi connectivity index (χ4n) is 3.82. The number of nitrogens with zero attached hydrogens (tertiary/aromatic N) is 1. The first-order valence-corrected chi connectivity index (χ1v) is 8.38. The maximum atomic E-state index is 11.9. The number of nitro groups is 1. The first-order chi connectivity index (χ1) is 11.6. The summed E-state index contributed by atoms with van der Waals surface area (Å²) < 4.78 is 5.44. The minimum atomic E-state index is -1.11. The highest BCUT2D eigenvalue weighted by atomic mass is 16.6. The molecular formula is C18H26N2O5. The van der Waals surface area contributed by atoms with Gasteiger partial charge in [0.05, 0.1) is 11.5 Å². The molecule has 0 aliphatic carbocycles. The highest BCUT2D eigenvalue weighted by Crippen LogP contribution is 2.42. The lowest BCUT2D eigenvalue weighted by Gasteiger charge is -2.33. The van der Waals surface area contributed by atoms with Crippen molar-refractivity contribution < 1.29 is 19.6 Å². The van der Waals surface area contributed by atoms with Crippen LogP contribution < -0.4 is 5.32 Å². The number of hydrogen-bond donors (Lipinski definition) is 2. The number of hydrogen-bond acceptors (Lipinski definition) is 5. The molecule has 0 amide bonds. The van der Waals surface area contributed by atoms with E-state index in [1.807, 2.05) is 38.1 Å². The van der Waals surface area contributed by atoms with Gasteiger partial charge in [0.1, 0.15) is 12.1 Å². The number of carbonyl (C=O) groups is 1. The van der Waals surface area contributed by atoms with Crippen LogP contribution in [0.1, 0.15) is 50.8 Å². The van der Waals surface area contributed by atoms with Gasteiger partial charge in [-0.25, -0.2) is 0 Å². The van der Waals surface area contributed by atoms with Gasteiger partial charge < -0.3 is 9.84 Å². The monoisotopic (exact) mass is 350 g/mol. The molecule has 4 atom stereocenters. The molecule has 0 aromatic heterocycles. The van der Waals surface area contributed by atoms with Crippen molar-refractivity contribution in [2.24, 2.45) is 5.92 Å². The van der Waals surface area contributed by atoms with Crippen molar-refractivity contribution in [1.29, 1.82) is 0 Å². The van der Waals surface area contributed by atoms with Gasteiger partial charge >= 0.3 is 5.97 Å². The molecule has 1 heterocycles. The Labute approximate surface area is 147 Å². The van der Waals surface area contributed by atoms with Crippen LogP contribution in [0.15, 0.2) is 24.3 Å². The zero-order valence-corrected chi connectivity index (χ0v) is 15.2. The second-order valence-electron chi connectivity index (χ2n) is 7.35. The fourth-order valence-corrected chi connectivity index (χ4v) is 3.82. The van der Waals surface area contributed by atoms with Gasteiger partial charge in [-0.05, 0) is 30.9 Å². The van der Waals surface area contributed by atoms with E-state index >= 15 is 0 Å². The largest absolute Gasteiger partial charge is 0.480 e. The molecule has 0 saturated carbocycles. The van der Waals surface area contributed by atoms with E-state index in [0.717, 1.165) is 11.1 Å². The van der Waals surface area contributed by atoms with Crippen molar-refractivity contribution in [3.63, 3.8) is 0 Å². The molecule has 0 radical (unpaired) electrons. The number of ether oxygens (including phenoxy) is 1. The molecule has 7 nitrogen and oxygen atoms in total. The van der Waals surface area contributed by atoms with Crippen LogP contribution in [0.3, 0.4) is 0 Å². The number of carboxylic acids is 1. The van der Waals surface area contributed by atoms with Gasteiger partial charge in [0.2, 0.25) is 6.04 Å². The number of aliphatic carboxylic acids is 1. The van der Waals surface area contributed by atoms with E-state index in [0.29, 0.717) is 0 Å². The lowest BCUT2D eigenvalue weighted by Crippen LogP contribution is -2.50. The predicted molar refractivity (Wildman–Crippen MR) is 93.2 cm³/mol. The van der Waals surface area contributed by atoms with E-state index in [2.05, 4.69) is 5.32 Å². The molecular weight excluding hydrogens is 324 g/mol. The van der Waals surface area contributed by atoms with Crippen LogP contribution in [-0.4, -0.2) is 40.8 Å². The van der Waals surface area contributed by atoms with Crippen molar-refractivity contribution in [2.75, 3.05) is 7.11 Å². The Kier molecular flexibility index (Phi) is 5.49. The highest BCUT2D eigenvalue weighted by Gasteiger charge is 2.60. The minimum Gasteiger partial charge on any atom is -0.480 e. The zero-order chi connectivity index (χ0) is 18.9. The highest BCUT2D eigenvalue weighted by molar-refractivity contribution is 5.75. The number of benzene rings is 1. The maximum Gasteiger partial charge on any atom is 0.321 e.